The van der Waals surface area contributed by atoms with Crippen LogP contribution in [0, 0.1) is 0 Å². The van der Waals surface area contributed by atoms with E-state index < -0.39 is 0 Å². The van der Waals surface area contributed by atoms with Crippen LogP contribution in [0.1, 0.15) is 24.1 Å². The van der Waals surface area contributed by atoms with Gasteiger partial charge in [0.2, 0.25) is 5.91 Å². The molecule has 6 nitrogen and oxygen atoms in total. The first-order chi connectivity index (χ1) is 13.2. The first-order valence-corrected chi connectivity index (χ1v) is 9.91. The second-order valence-electron chi connectivity index (χ2n) is 7.48. The molecule has 4 rings (SSSR count). The van der Waals surface area contributed by atoms with Crippen LogP contribution in [0.3, 0.4) is 0 Å². The summed E-state index contributed by atoms with van der Waals surface area (Å²) in [6, 6.07) is 10.4. The van der Waals surface area contributed by atoms with Crippen molar-refractivity contribution in [3.63, 3.8) is 0 Å². The van der Waals surface area contributed by atoms with Gasteiger partial charge in [0, 0.05) is 50.8 Å². The van der Waals surface area contributed by atoms with Crippen molar-refractivity contribution in [3.8, 4) is 11.3 Å². The van der Waals surface area contributed by atoms with Gasteiger partial charge in [-0.2, -0.15) is 5.10 Å². The summed E-state index contributed by atoms with van der Waals surface area (Å²) < 4.78 is 7.58. The number of carbonyl (C=O) groups is 1. The van der Waals surface area contributed by atoms with Crippen molar-refractivity contribution in [3.05, 3.63) is 41.6 Å². The molecule has 1 amide bonds. The molecule has 144 valence electrons. The third-order valence-electron chi connectivity index (χ3n) is 5.54. The van der Waals surface area contributed by atoms with Gasteiger partial charge in [0.1, 0.15) is 0 Å². The molecule has 3 heterocycles. The number of nitrogens with one attached hydrogen (secondary N) is 1. The number of fused-ring (bicyclic) bond motifs is 1. The smallest absolute Gasteiger partial charge is 0.234 e. The van der Waals surface area contributed by atoms with Crippen molar-refractivity contribution >= 4 is 5.91 Å². The van der Waals surface area contributed by atoms with Crippen molar-refractivity contribution in [2.24, 2.45) is 7.05 Å². The summed E-state index contributed by atoms with van der Waals surface area (Å²) in [5.74, 6) is 0.0916. The van der Waals surface area contributed by atoms with Gasteiger partial charge in [-0.15, -0.1) is 0 Å². The molecule has 27 heavy (non-hydrogen) atoms. The highest BCUT2D eigenvalue weighted by atomic mass is 16.5. The van der Waals surface area contributed by atoms with Gasteiger partial charge in [0.25, 0.3) is 0 Å². The Morgan fingerprint density at radius 2 is 2.07 bits per heavy atom. The lowest BCUT2D eigenvalue weighted by Gasteiger charge is -2.20. The molecule has 1 unspecified atom stereocenters. The van der Waals surface area contributed by atoms with Gasteiger partial charge in [-0.3, -0.25) is 14.4 Å². The zero-order chi connectivity index (χ0) is 18.6. The van der Waals surface area contributed by atoms with E-state index in [-0.39, 0.29) is 12.0 Å². The summed E-state index contributed by atoms with van der Waals surface area (Å²) in [7, 11) is 2.02. The molecule has 2 aromatic rings. The first kappa shape index (κ1) is 18.2. The molecule has 1 aromatic heterocycles. The van der Waals surface area contributed by atoms with Crippen LogP contribution in [0.15, 0.2) is 30.3 Å². The topological polar surface area (TPSA) is 59.4 Å². The van der Waals surface area contributed by atoms with E-state index in [0.717, 1.165) is 45.4 Å². The van der Waals surface area contributed by atoms with Crippen LogP contribution < -0.4 is 5.32 Å². The minimum absolute atomic E-state index is 0.0916. The van der Waals surface area contributed by atoms with Crippen LogP contribution >= 0.6 is 0 Å². The predicted octanol–water partition coefficient (Wildman–Crippen LogP) is 1.78. The molecule has 0 saturated carbocycles. The van der Waals surface area contributed by atoms with Gasteiger partial charge in [-0.05, 0) is 19.3 Å². The van der Waals surface area contributed by atoms with Crippen LogP contribution in [-0.2, 0) is 29.4 Å². The lowest BCUT2D eigenvalue weighted by atomic mass is 10.0. The number of carbonyl (C=O) groups excluding carboxylic acids is 1. The quantitative estimate of drug-likeness (QED) is 0.874. The van der Waals surface area contributed by atoms with Crippen molar-refractivity contribution < 1.29 is 9.53 Å². The highest BCUT2D eigenvalue weighted by Crippen LogP contribution is 2.28. The number of hydrogen-bond donors (Lipinski definition) is 1. The number of aromatic nitrogens is 2. The van der Waals surface area contributed by atoms with Gasteiger partial charge in [-0.25, -0.2) is 0 Å². The van der Waals surface area contributed by atoms with E-state index in [2.05, 4.69) is 34.5 Å². The Morgan fingerprint density at radius 1 is 1.26 bits per heavy atom. The van der Waals surface area contributed by atoms with E-state index in [1.165, 1.54) is 22.5 Å². The molecule has 1 fully saturated rings. The fourth-order valence-corrected chi connectivity index (χ4v) is 4.14. The number of aryl methyl sites for hydroxylation is 1. The Balaban J connectivity index is 1.37. The van der Waals surface area contributed by atoms with Gasteiger partial charge >= 0.3 is 0 Å². The summed E-state index contributed by atoms with van der Waals surface area (Å²) in [6.07, 6.45) is 4.15. The number of amides is 1. The summed E-state index contributed by atoms with van der Waals surface area (Å²) in [5.41, 5.74) is 4.90. The zero-order valence-electron chi connectivity index (χ0n) is 16.0. The predicted molar refractivity (Wildman–Crippen MR) is 104 cm³/mol. The molecule has 1 N–H and O–H groups in total. The van der Waals surface area contributed by atoms with Gasteiger partial charge < -0.3 is 10.1 Å². The minimum Gasteiger partial charge on any atom is -0.376 e. The van der Waals surface area contributed by atoms with Gasteiger partial charge in [0.05, 0.1) is 24.0 Å². The monoisotopic (exact) mass is 368 g/mol. The normalized spacial score (nSPS) is 20.3. The van der Waals surface area contributed by atoms with E-state index >= 15 is 0 Å². The highest BCUT2D eigenvalue weighted by molar-refractivity contribution is 5.78. The minimum atomic E-state index is 0.0916. The molecular formula is C21H28N4O2. The van der Waals surface area contributed by atoms with Crippen LogP contribution in [0.2, 0.25) is 0 Å². The maximum absolute atomic E-state index is 12.3. The third kappa shape index (κ3) is 4.22. The summed E-state index contributed by atoms with van der Waals surface area (Å²) in [6.45, 7) is 3.65. The van der Waals surface area contributed by atoms with Crippen LogP contribution in [0.5, 0.6) is 0 Å². The maximum atomic E-state index is 12.3. The largest absolute Gasteiger partial charge is 0.376 e. The van der Waals surface area contributed by atoms with Gasteiger partial charge in [-0.1, -0.05) is 30.3 Å². The highest BCUT2D eigenvalue weighted by Gasteiger charge is 2.23. The average molecular weight is 368 g/mol. The van der Waals surface area contributed by atoms with Crippen molar-refractivity contribution in [1.29, 1.82) is 0 Å². The van der Waals surface area contributed by atoms with E-state index in [1.54, 1.807) is 0 Å². The zero-order valence-corrected chi connectivity index (χ0v) is 16.0. The maximum Gasteiger partial charge on any atom is 0.234 e. The summed E-state index contributed by atoms with van der Waals surface area (Å²) >= 11 is 0. The standard InChI is InChI=1S/C21H28N4O2/c1-24-21(16-6-3-2-4-7-16)18-9-11-25(12-10-19(18)23-24)15-20(26)22-14-17-8-5-13-27-17/h2-4,6-7,17H,5,8-15H2,1H3,(H,22,26). The summed E-state index contributed by atoms with van der Waals surface area (Å²) in [4.78, 5) is 14.5. The number of rotatable bonds is 5. The number of ether oxygens (including phenoxy) is 1. The molecule has 2 aliphatic heterocycles. The molecule has 0 spiro atoms. The first-order valence-electron chi connectivity index (χ1n) is 9.91. The molecule has 0 aliphatic carbocycles. The lowest BCUT2D eigenvalue weighted by Crippen LogP contribution is -2.41. The molecule has 2 aliphatic rings. The Kier molecular flexibility index (Phi) is 5.55. The molecule has 0 bridgehead atoms. The number of hydrogen-bond acceptors (Lipinski definition) is 4. The fraction of sp³-hybridized carbons (Fsp3) is 0.524. The van der Waals surface area contributed by atoms with E-state index in [0.29, 0.717) is 13.1 Å². The Hall–Kier alpha value is -2.18. The van der Waals surface area contributed by atoms with E-state index in [1.807, 2.05) is 17.8 Å². The third-order valence-corrected chi connectivity index (χ3v) is 5.54. The van der Waals surface area contributed by atoms with Crippen molar-refractivity contribution in [1.82, 2.24) is 20.0 Å². The molecule has 1 atom stereocenters. The Bertz CT molecular complexity index is 781. The molecule has 1 aromatic carbocycles. The second kappa shape index (κ2) is 8.23. The number of benzene rings is 1. The second-order valence-corrected chi connectivity index (χ2v) is 7.48. The van der Waals surface area contributed by atoms with Crippen LogP contribution in [0.4, 0.5) is 0 Å². The fourth-order valence-electron chi connectivity index (χ4n) is 4.14. The van der Waals surface area contributed by atoms with Crippen LogP contribution in [-0.4, -0.2) is 59.5 Å². The Morgan fingerprint density at radius 3 is 2.85 bits per heavy atom. The van der Waals surface area contributed by atoms with E-state index in [4.69, 9.17) is 9.84 Å². The average Bonchev–Trinajstić information content (AvgIpc) is 3.26. The SMILES string of the molecule is Cn1nc2c(c1-c1ccccc1)CCN(CC(=O)NCC1CCCO1)CC2. The van der Waals surface area contributed by atoms with Gasteiger partial charge in [0.15, 0.2) is 0 Å². The summed E-state index contributed by atoms with van der Waals surface area (Å²) in [5, 5.41) is 7.79. The number of nitrogens with zero attached hydrogens (tertiary/aromatic N) is 3. The molecule has 6 heteroatoms. The van der Waals surface area contributed by atoms with Crippen LogP contribution in [0.25, 0.3) is 11.3 Å². The molecular weight excluding hydrogens is 340 g/mol. The molecule has 0 radical (unpaired) electrons. The molecule has 1 saturated heterocycles. The van der Waals surface area contributed by atoms with Crippen molar-refractivity contribution in [2.75, 3.05) is 32.8 Å². The lowest BCUT2D eigenvalue weighted by molar-refractivity contribution is -0.122. The van der Waals surface area contributed by atoms with Crippen molar-refractivity contribution in [2.45, 2.75) is 31.8 Å². The van der Waals surface area contributed by atoms with E-state index in [9.17, 15) is 4.79 Å². The Labute approximate surface area is 160 Å².